The maximum absolute atomic E-state index is 13.5. The molecule has 3 aliphatic rings. The number of esters is 1. The fourth-order valence-electron chi connectivity index (χ4n) is 6.37. The highest BCUT2D eigenvalue weighted by molar-refractivity contribution is 6.02. The number of nitrogens with one attached hydrogen (secondary N) is 1. The van der Waals surface area contributed by atoms with Crippen molar-refractivity contribution in [1.29, 1.82) is 0 Å². The van der Waals surface area contributed by atoms with E-state index in [1.54, 1.807) is 13.3 Å². The summed E-state index contributed by atoms with van der Waals surface area (Å²) in [6, 6.07) is 11.1. The van der Waals surface area contributed by atoms with E-state index in [4.69, 9.17) is 14.2 Å². The first-order valence-electron chi connectivity index (χ1n) is 14.1. The van der Waals surface area contributed by atoms with Gasteiger partial charge in [0.15, 0.2) is 0 Å². The topological polar surface area (TPSA) is 91.2 Å². The predicted molar refractivity (Wildman–Crippen MR) is 154 cm³/mol. The maximum Gasteiger partial charge on any atom is 0.328 e. The highest BCUT2D eigenvalue weighted by atomic mass is 16.5. The molecular formula is C32H35N3O5. The number of nitrogens with zero attached hydrogens (tertiary/aromatic N) is 2. The molecule has 8 nitrogen and oxygen atoms in total. The maximum atomic E-state index is 13.5. The van der Waals surface area contributed by atoms with Crippen molar-refractivity contribution in [3.63, 3.8) is 0 Å². The lowest BCUT2D eigenvalue weighted by molar-refractivity contribution is -0.142. The molecule has 1 saturated carbocycles. The minimum absolute atomic E-state index is 0.293. The number of hydrogen-bond donors (Lipinski definition) is 1. The minimum Gasteiger partial charge on any atom is -0.497 e. The average Bonchev–Trinajstić information content (AvgIpc) is 3.57. The summed E-state index contributed by atoms with van der Waals surface area (Å²) in [7, 11) is 3.00. The van der Waals surface area contributed by atoms with Crippen molar-refractivity contribution < 1.29 is 23.8 Å². The molecule has 0 spiro atoms. The van der Waals surface area contributed by atoms with Crippen LogP contribution in [0.5, 0.6) is 11.5 Å². The summed E-state index contributed by atoms with van der Waals surface area (Å²) in [5.41, 5.74) is 5.85. The number of amides is 1. The van der Waals surface area contributed by atoms with Crippen molar-refractivity contribution >= 4 is 29.0 Å². The van der Waals surface area contributed by atoms with E-state index in [2.05, 4.69) is 27.0 Å². The van der Waals surface area contributed by atoms with Crippen molar-refractivity contribution in [3.8, 4) is 22.8 Å². The summed E-state index contributed by atoms with van der Waals surface area (Å²) >= 11 is 0. The first-order valence-corrected chi connectivity index (χ1v) is 14.1. The van der Waals surface area contributed by atoms with Crippen LogP contribution < -0.4 is 14.8 Å². The van der Waals surface area contributed by atoms with Crippen molar-refractivity contribution in [2.45, 2.75) is 63.5 Å². The highest BCUT2D eigenvalue weighted by Gasteiger charge is 2.30. The Labute approximate surface area is 234 Å². The van der Waals surface area contributed by atoms with Gasteiger partial charge in [0.25, 0.3) is 5.91 Å². The van der Waals surface area contributed by atoms with E-state index in [-0.39, 0.29) is 5.91 Å². The van der Waals surface area contributed by atoms with Gasteiger partial charge in [-0.1, -0.05) is 31.4 Å². The zero-order valence-electron chi connectivity index (χ0n) is 23.1. The van der Waals surface area contributed by atoms with Crippen LogP contribution in [0.15, 0.2) is 53.2 Å². The van der Waals surface area contributed by atoms with Gasteiger partial charge in [-0.05, 0) is 48.6 Å². The largest absolute Gasteiger partial charge is 0.497 e. The minimum atomic E-state index is -0.813. The molecule has 1 N–H and O–H groups in total. The van der Waals surface area contributed by atoms with Gasteiger partial charge < -0.3 is 24.1 Å². The Morgan fingerprint density at radius 2 is 1.98 bits per heavy atom. The first kappa shape index (κ1) is 26.2. The predicted octanol–water partition coefficient (Wildman–Crippen LogP) is 5.78. The Morgan fingerprint density at radius 3 is 2.73 bits per heavy atom. The van der Waals surface area contributed by atoms with E-state index in [0.29, 0.717) is 31.1 Å². The smallest absolute Gasteiger partial charge is 0.328 e. The molecule has 1 atom stereocenters. The second kappa shape index (κ2) is 11.2. The number of aliphatic imine (C=N–C) groups is 1. The molecule has 3 aromatic rings. The third kappa shape index (κ3) is 4.87. The summed E-state index contributed by atoms with van der Waals surface area (Å²) in [5, 5.41) is 4.07. The third-order valence-corrected chi connectivity index (χ3v) is 8.32. The van der Waals surface area contributed by atoms with Gasteiger partial charge in [0.2, 0.25) is 0 Å². The van der Waals surface area contributed by atoms with E-state index < -0.39 is 12.0 Å². The van der Waals surface area contributed by atoms with Crippen LogP contribution in [0.1, 0.15) is 66.8 Å². The number of methoxy groups -OCH3 is 2. The van der Waals surface area contributed by atoms with Gasteiger partial charge in [0, 0.05) is 52.8 Å². The Morgan fingerprint density at radius 1 is 1.12 bits per heavy atom. The average molecular weight is 542 g/mol. The van der Waals surface area contributed by atoms with Crippen molar-refractivity contribution in [1.82, 2.24) is 9.88 Å². The number of carbonyl (C=O) groups is 2. The fraction of sp³-hybridized carbons (Fsp3) is 0.406. The van der Waals surface area contributed by atoms with Gasteiger partial charge in [-0.25, -0.2) is 4.79 Å². The lowest BCUT2D eigenvalue weighted by atomic mass is 9.81. The van der Waals surface area contributed by atoms with E-state index in [1.165, 1.54) is 43.0 Å². The molecule has 2 aromatic carbocycles. The SMILES string of the molecule is COC(=O)[C@H](CC1=CCC=N1)NC(=O)c1ccc2c(C3CCCCC3)c3n(c2c1)CCOc1cc(OC)ccc1-3. The summed E-state index contributed by atoms with van der Waals surface area (Å²) in [6.07, 6.45) is 10.8. The number of fused-ring (bicyclic) bond motifs is 5. The Balaban J connectivity index is 1.42. The molecule has 3 heterocycles. The zero-order chi connectivity index (χ0) is 27.6. The van der Waals surface area contributed by atoms with E-state index in [9.17, 15) is 9.59 Å². The molecule has 1 aromatic heterocycles. The summed E-state index contributed by atoms with van der Waals surface area (Å²) < 4.78 is 19.0. The molecule has 0 bridgehead atoms. The van der Waals surface area contributed by atoms with Crippen LogP contribution in [-0.4, -0.2) is 49.5 Å². The van der Waals surface area contributed by atoms with E-state index >= 15 is 0 Å². The second-order valence-electron chi connectivity index (χ2n) is 10.7. The number of benzene rings is 2. The molecule has 40 heavy (non-hydrogen) atoms. The van der Waals surface area contributed by atoms with Crippen LogP contribution in [0.2, 0.25) is 0 Å². The quantitative estimate of drug-likeness (QED) is 0.383. The molecule has 6 rings (SSSR count). The van der Waals surface area contributed by atoms with Crippen molar-refractivity contribution in [2.75, 3.05) is 20.8 Å². The molecule has 8 heteroatoms. The normalized spacial score (nSPS) is 17.3. The molecule has 1 aliphatic carbocycles. The first-order chi connectivity index (χ1) is 19.6. The standard InChI is InChI=1S/C32H35N3O5/c1-38-23-11-13-25-28(19-23)40-16-15-35-27-17-21(10-12-24(27)29(30(25)35)20-7-4-3-5-8-20)31(36)34-26(32(37)39-2)18-22-9-6-14-33-22/h9-14,17,19-20,26H,3-8,15-16,18H2,1-2H3,(H,34,36)/t26-/m0/s1. The van der Waals surface area contributed by atoms with Crippen molar-refractivity contribution in [2.24, 2.45) is 4.99 Å². The number of ether oxygens (including phenoxy) is 3. The van der Waals surface area contributed by atoms with E-state index in [1.807, 2.05) is 30.3 Å². The number of hydrogen-bond acceptors (Lipinski definition) is 6. The third-order valence-electron chi connectivity index (χ3n) is 8.32. The molecule has 0 unspecified atom stereocenters. The second-order valence-corrected chi connectivity index (χ2v) is 10.7. The number of allylic oxidation sites excluding steroid dienone is 1. The van der Waals surface area contributed by atoms with Gasteiger partial charge >= 0.3 is 5.97 Å². The molecule has 208 valence electrons. The van der Waals surface area contributed by atoms with Crippen LogP contribution in [0.3, 0.4) is 0 Å². The zero-order valence-corrected chi connectivity index (χ0v) is 23.1. The lowest BCUT2D eigenvalue weighted by Gasteiger charge is -2.23. The number of carbonyl (C=O) groups excluding carboxylic acids is 2. The van der Waals surface area contributed by atoms with Crippen LogP contribution in [0.4, 0.5) is 0 Å². The highest BCUT2D eigenvalue weighted by Crippen LogP contribution is 2.47. The summed E-state index contributed by atoms with van der Waals surface area (Å²) in [6.45, 7) is 1.18. The molecule has 2 aliphatic heterocycles. The van der Waals surface area contributed by atoms with Gasteiger partial charge in [0.1, 0.15) is 24.1 Å². The number of aromatic nitrogens is 1. The number of rotatable bonds is 7. The Kier molecular flexibility index (Phi) is 7.32. The van der Waals surface area contributed by atoms with Crippen LogP contribution in [0.25, 0.3) is 22.2 Å². The molecule has 1 fully saturated rings. The molecular weight excluding hydrogens is 506 g/mol. The Hall–Kier alpha value is -4.07. The summed E-state index contributed by atoms with van der Waals surface area (Å²) in [4.78, 5) is 30.3. The lowest BCUT2D eigenvalue weighted by Crippen LogP contribution is -2.41. The van der Waals surface area contributed by atoms with Gasteiger partial charge in [-0.2, -0.15) is 0 Å². The fourth-order valence-corrected chi connectivity index (χ4v) is 6.37. The summed E-state index contributed by atoms with van der Waals surface area (Å²) in [5.74, 6) is 1.23. The molecule has 0 saturated heterocycles. The monoisotopic (exact) mass is 541 g/mol. The molecule has 1 amide bonds. The van der Waals surface area contributed by atoms with Crippen LogP contribution in [0, 0.1) is 0 Å². The van der Waals surface area contributed by atoms with E-state index in [0.717, 1.165) is 47.5 Å². The van der Waals surface area contributed by atoms with Gasteiger partial charge in [-0.15, -0.1) is 0 Å². The molecule has 0 radical (unpaired) electrons. The van der Waals surface area contributed by atoms with Gasteiger partial charge in [0.05, 0.1) is 26.5 Å². The van der Waals surface area contributed by atoms with Crippen molar-refractivity contribution in [3.05, 3.63) is 59.3 Å². The Bertz CT molecular complexity index is 1510. The van der Waals surface area contributed by atoms with Crippen LogP contribution >= 0.6 is 0 Å². The van der Waals surface area contributed by atoms with Gasteiger partial charge in [-0.3, -0.25) is 9.79 Å². The van der Waals surface area contributed by atoms with Crippen LogP contribution in [-0.2, 0) is 16.1 Å².